The molecule has 2 atom stereocenters. The summed E-state index contributed by atoms with van der Waals surface area (Å²) in [4.78, 5) is 2.18. The summed E-state index contributed by atoms with van der Waals surface area (Å²) in [7, 11) is 2.04. The molecule has 2 N–H and O–H groups in total. The minimum atomic E-state index is -0.794. The van der Waals surface area contributed by atoms with E-state index in [1.54, 1.807) is 0 Å². The lowest BCUT2D eigenvalue weighted by Crippen LogP contribution is -2.39. The van der Waals surface area contributed by atoms with Crippen LogP contribution in [0.25, 0.3) is 0 Å². The summed E-state index contributed by atoms with van der Waals surface area (Å²) in [5.41, 5.74) is 5.25. The fourth-order valence-corrected chi connectivity index (χ4v) is 1.69. The molecular formula is C8H17FN2. The number of hydrogen-bond acceptors (Lipinski definition) is 2. The van der Waals surface area contributed by atoms with Crippen LogP contribution in [0.2, 0.25) is 0 Å². The van der Waals surface area contributed by atoms with Gasteiger partial charge >= 0.3 is 0 Å². The van der Waals surface area contributed by atoms with Gasteiger partial charge in [0.1, 0.15) is 6.17 Å². The van der Waals surface area contributed by atoms with Crippen LogP contribution in [0.3, 0.4) is 0 Å². The van der Waals surface area contributed by atoms with Crippen molar-refractivity contribution in [3.05, 3.63) is 0 Å². The minimum absolute atomic E-state index is 0.179. The van der Waals surface area contributed by atoms with Crippen LogP contribution in [0.15, 0.2) is 0 Å². The van der Waals surface area contributed by atoms with Crippen molar-refractivity contribution in [3.8, 4) is 0 Å². The molecule has 2 unspecified atom stereocenters. The van der Waals surface area contributed by atoms with E-state index < -0.39 is 6.17 Å². The molecule has 0 aromatic carbocycles. The summed E-state index contributed by atoms with van der Waals surface area (Å²) < 4.78 is 13.0. The monoisotopic (exact) mass is 160 g/mol. The molecule has 0 aliphatic carbocycles. The zero-order chi connectivity index (χ0) is 8.27. The molecular weight excluding hydrogens is 143 g/mol. The Morgan fingerprint density at radius 1 is 1.73 bits per heavy atom. The van der Waals surface area contributed by atoms with Gasteiger partial charge in [-0.3, -0.25) is 0 Å². The number of piperidine rings is 1. The molecule has 1 heterocycles. The highest BCUT2D eigenvalue weighted by atomic mass is 19.1. The van der Waals surface area contributed by atoms with Crippen molar-refractivity contribution in [2.45, 2.75) is 19.0 Å². The Balaban J connectivity index is 2.33. The van der Waals surface area contributed by atoms with E-state index in [1.807, 2.05) is 7.05 Å². The topological polar surface area (TPSA) is 29.3 Å². The maximum absolute atomic E-state index is 13.0. The number of nitrogens with two attached hydrogens (primary N) is 1. The second-order valence-electron chi connectivity index (χ2n) is 3.42. The molecule has 1 aliphatic heterocycles. The normalized spacial score (nSPS) is 30.3. The molecule has 1 aliphatic rings. The maximum atomic E-state index is 13.0. The summed E-state index contributed by atoms with van der Waals surface area (Å²) in [6.45, 7) is 2.16. The van der Waals surface area contributed by atoms with Gasteiger partial charge in [0.05, 0.1) is 0 Å². The largest absolute Gasteiger partial charge is 0.328 e. The predicted octanol–water partition coefficient (Wildman–Crippen LogP) is 0.625. The van der Waals surface area contributed by atoms with Crippen molar-refractivity contribution in [1.29, 1.82) is 0 Å². The highest BCUT2D eigenvalue weighted by Gasteiger charge is 2.24. The smallest absolute Gasteiger partial charge is 0.116 e. The first-order valence-electron chi connectivity index (χ1n) is 4.26. The molecule has 0 radical (unpaired) electrons. The quantitative estimate of drug-likeness (QED) is 0.642. The van der Waals surface area contributed by atoms with Gasteiger partial charge in [0.25, 0.3) is 0 Å². The van der Waals surface area contributed by atoms with Crippen LogP contribution < -0.4 is 5.73 Å². The number of hydrogen-bond donors (Lipinski definition) is 1. The van der Waals surface area contributed by atoms with E-state index in [2.05, 4.69) is 4.90 Å². The van der Waals surface area contributed by atoms with Crippen LogP contribution in [-0.4, -0.2) is 37.8 Å². The van der Waals surface area contributed by atoms with E-state index >= 15 is 0 Å². The van der Waals surface area contributed by atoms with E-state index in [0.29, 0.717) is 0 Å². The van der Waals surface area contributed by atoms with Gasteiger partial charge in [0, 0.05) is 19.0 Å². The summed E-state index contributed by atoms with van der Waals surface area (Å²) in [6.07, 6.45) is 1.32. The van der Waals surface area contributed by atoms with Crippen molar-refractivity contribution in [2.75, 3.05) is 26.7 Å². The van der Waals surface area contributed by atoms with Crippen molar-refractivity contribution in [3.63, 3.8) is 0 Å². The van der Waals surface area contributed by atoms with Crippen LogP contribution in [-0.2, 0) is 0 Å². The molecule has 2 nitrogen and oxygen atoms in total. The van der Waals surface area contributed by atoms with Gasteiger partial charge in [0.2, 0.25) is 0 Å². The van der Waals surface area contributed by atoms with Gasteiger partial charge in [-0.15, -0.1) is 0 Å². The first kappa shape index (κ1) is 8.94. The van der Waals surface area contributed by atoms with Gasteiger partial charge in [0.15, 0.2) is 0 Å². The molecule has 1 saturated heterocycles. The Bertz CT molecular complexity index is 119. The zero-order valence-electron chi connectivity index (χ0n) is 7.09. The molecule has 0 spiro atoms. The number of nitrogens with zero attached hydrogens (tertiary/aromatic N) is 1. The van der Waals surface area contributed by atoms with E-state index in [1.165, 1.54) is 0 Å². The third-order valence-electron chi connectivity index (χ3n) is 2.40. The fourth-order valence-electron chi connectivity index (χ4n) is 1.69. The van der Waals surface area contributed by atoms with E-state index in [-0.39, 0.29) is 12.5 Å². The summed E-state index contributed by atoms with van der Waals surface area (Å²) in [6, 6.07) is 0. The fraction of sp³-hybridized carbons (Fsp3) is 1.00. The summed E-state index contributed by atoms with van der Waals surface area (Å²) in [5.74, 6) is 0.179. The predicted molar refractivity (Wildman–Crippen MR) is 44.2 cm³/mol. The van der Waals surface area contributed by atoms with Gasteiger partial charge in [-0.25, -0.2) is 4.39 Å². The van der Waals surface area contributed by atoms with Gasteiger partial charge in [-0.2, -0.15) is 0 Å². The number of halogens is 1. The number of rotatable bonds is 2. The molecule has 0 bridgehead atoms. The number of alkyl halides is 1. The molecule has 11 heavy (non-hydrogen) atoms. The number of likely N-dealkylation sites (tertiary alicyclic amines) is 1. The molecule has 0 saturated carbocycles. The molecule has 0 aromatic rings. The molecule has 3 heteroatoms. The van der Waals surface area contributed by atoms with Crippen LogP contribution in [0.5, 0.6) is 0 Å². The van der Waals surface area contributed by atoms with Crippen molar-refractivity contribution in [1.82, 2.24) is 4.90 Å². The first-order chi connectivity index (χ1) is 5.24. The first-order valence-corrected chi connectivity index (χ1v) is 4.26. The second kappa shape index (κ2) is 4.02. The van der Waals surface area contributed by atoms with Crippen molar-refractivity contribution >= 4 is 0 Å². The lowest BCUT2D eigenvalue weighted by Gasteiger charge is -2.31. The standard InChI is InChI=1S/C8H17FN2/c1-11-4-2-3-7(6-11)8(9)5-10/h7-8H,2-6,10H2,1H3. The average Bonchev–Trinajstić information content (AvgIpc) is 2.03. The average molecular weight is 160 g/mol. The van der Waals surface area contributed by atoms with E-state index in [0.717, 1.165) is 25.9 Å². The zero-order valence-corrected chi connectivity index (χ0v) is 7.09. The Kier molecular flexibility index (Phi) is 3.27. The highest BCUT2D eigenvalue weighted by Crippen LogP contribution is 2.19. The minimum Gasteiger partial charge on any atom is -0.328 e. The van der Waals surface area contributed by atoms with Crippen LogP contribution >= 0.6 is 0 Å². The SMILES string of the molecule is CN1CCCC(C(F)CN)C1. The molecule has 1 rings (SSSR count). The lowest BCUT2D eigenvalue weighted by molar-refractivity contribution is 0.130. The molecule has 1 fully saturated rings. The van der Waals surface area contributed by atoms with E-state index in [9.17, 15) is 4.39 Å². The third-order valence-corrected chi connectivity index (χ3v) is 2.40. The Labute approximate surface area is 67.6 Å². The molecule has 0 amide bonds. The van der Waals surface area contributed by atoms with Crippen LogP contribution in [0, 0.1) is 5.92 Å². The molecule has 0 aromatic heterocycles. The molecule has 66 valence electrons. The Morgan fingerprint density at radius 2 is 2.45 bits per heavy atom. The van der Waals surface area contributed by atoms with E-state index in [4.69, 9.17) is 5.73 Å². The Hall–Kier alpha value is -0.150. The highest BCUT2D eigenvalue weighted by molar-refractivity contribution is 4.77. The lowest BCUT2D eigenvalue weighted by atomic mass is 9.94. The van der Waals surface area contributed by atoms with Gasteiger partial charge < -0.3 is 10.6 Å². The summed E-state index contributed by atoms with van der Waals surface area (Å²) >= 11 is 0. The maximum Gasteiger partial charge on any atom is 0.116 e. The summed E-state index contributed by atoms with van der Waals surface area (Å²) in [5, 5.41) is 0. The van der Waals surface area contributed by atoms with Crippen LogP contribution in [0.1, 0.15) is 12.8 Å². The van der Waals surface area contributed by atoms with Crippen LogP contribution in [0.4, 0.5) is 4.39 Å². The second-order valence-corrected chi connectivity index (χ2v) is 3.42. The third kappa shape index (κ3) is 2.42. The van der Waals surface area contributed by atoms with Crippen molar-refractivity contribution < 1.29 is 4.39 Å². The van der Waals surface area contributed by atoms with Gasteiger partial charge in [-0.1, -0.05) is 0 Å². The van der Waals surface area contributed by atoms with Crippen molar-refractivity contribution in [2.24, 2.45) is 11.7 Å². The van der Waals surface area contributed by atoms with Gasteiger partial charge in [-0.05, 0) is 26.4 Å². The Morgan fingerprint density at radius 3 is 3.00 bits per heavy atom.